The number of rotatable bonds is 4. The lowest BCUT2D eigenvalue weighted by Crippen LogP contribution is -2.48. The second-order valence-electron chi connectivity index (χ2n) is 8.75. The van der Waals surface area contributed by atoms with Gasteiger partial charge in [-0.3, -0.25) is 9.69 Å². The van der Waals surface area contributed by atoms with Gasteiger partial charge in [-0.2, -0.15) is 5.10 Å². The fraction of sp³-hybridized carbons (Fsp3) is 0.269. The molecule has 8 heteroatoms. The predicted octanol–water partition coefficient (Wildman–Crippen LogP) is 3.39. The first kappa shape index (κ1) is 20.7. The number of aryl methyl sites for hydroxylation is 1. The van der Waals surface area contributed by atoms with Gasteiger partial charge >= 0.3 is 0 Å². The van der Waals surface area contributed by atoms with Crippen LogP contribution in [0.1, 0.15) is 21.5 Å². The van der Waals surface area contributed by atoms with Crippen LogP contribution < -0.4 is 9.47 Å². The topological polar surface area (TPSA) is 72.2 Å². The van der Waals surface area contributed by atoms with Crippen LogP contribution in [0.5, 0.6) is 11.5 Å². The molecule has 1 fully saturated rings. The van der Waals surface area contributed by atoms with Crippen molar-refractivity contribution < 1.29 is 14.3 Å². The zero-order valence-corrected chi connectivity index (χ0v) is 19.0. The molecule has 172 valence electrons. The van der Waals surface area contributed by atoms with Crippen LogP contribution in [0.2, 0.25) is 0 Å². The number of carbonyl (C=O) groups excluding carboxylic acids is 1. The van der Waals surface area contributed by atoms with E-state index in [9.17, 15) is 4.79 Å². The molecule has 34 heavy (non-hydrogen) atoms. The van der Waals surface area contributed by atoms with E-state index >= 15 is 0 Å². The zero-order chi connectivity index (χ0) is 23.1. The molecule has 2 aromatic carbocycles. The summed E-state index contributed by atoms with van der Waals surface area (Å²) in [5.41, 5.74) is 5.46. The van der Waals surface area contributed by atoms with E-state index in [1.807, 2.05) is 23.1 Å². The summed E-state index contributed by atoms with van der Waals surface area (Å²) >= 11 is 0. The normalized spacial score (nSPS) is 15.7. The standard InChI is InChI=1S/C26H25N5O3/c1-18-2-5-20(6-3-18)22-8-9-27-25-21(15-28-31(22)25)26(32)30-12-10-29(11-13-30)16-19-4-7-23-24(14-19)34-17-33-23/h2-9,14-15H,10-13,16-17H2,1H3. The molecule has 0 saturated carbocycles. The van der Waals surface area contributed by atoms with E-state index in [2.05, 4.69) is 52.2 Å². The van der Waals surface area contributed by atoms with E-state index in [1.165, 1.54) is 11.1 Å². The third-order valence-corrected chi connectivity index (χ3v) is 6.48. The van der Waals surface area contributed by atoms with Crippen LogP contribution >= 0.6 is 0 Å². The van der Waals surface area contributed by atoms with Gasteiger partial charge in [-0.15, -0.1) is 0 Å². The molecule has 8 nitrogen and oxygen atoms in total. The van der Waals surface area contributed by atoms with Crippen molar-refractivity contribution in [3.8, 4) is 22.8 Å². The largest absolute Gasteiger partial charge is 0.454 e. The quantitative estimate of drug-likeness (QED) is 0.470. The third kappa shape index (κ3) is 3.76. The number of piperazine rings is 1. The van der Waals surface area contributed by atoms with E-state index in [0.29, 0.717) is 24.3 Å². The summed E-state index contributed by atoms with van der Waals surface area (Å²) in [6.07, 6.45) is 3.38. The Morgan fingerprint density at radius 3 is 2.59 bits per heavy atom. The van der Waals surface area contributed by atoms with E-state index in [1.54, 1.807) is 16.9 Å². The Balaban J connectivity index is 1.15. The van der Waals surface area contributed by atoms with Gasteiger partial charge in [-0.1, -0.05) is 35.9 Å². The van der Waals surface area contributed by atoms with E-state index in [0.717, 1.165) is 42.4 Å². The number of ether oxygens (including phenoxy) is 2. The van der Waals surface area contributed by atoms with Crippen molar-refractivity contribution in [1.29, 1.82) is 0 Å². The maximum Gasteiger partial charge on any atom is 0.259 e. The molecule has 0 bridgehead atoms. The average Bonchev–Trinajstić information content (AvgIpc) is 3.51. The fourth-order valence-electron chi connectivity index (χ4n) is 4.56. The molecule has 2 aliphatic rings. The maximum atomic E-state index is 13.3. The van der Waals surface area contributed by atoms with Crippen molar-refractivity contribution in [2.45, 2.75) is 13.5 Å². The molecule has 0 atom stereocenters. The van der Waals surface area contributed by atoms with Gasteiger partial charge in [-0.05, 0) is 30.7 Å². The molecule has 2 aromatic heterocycles. The number of hydrogen-bond donors (Lipinski definition) is 0. The molecule has 6 rings (SSSR count). The van der Waals surface area contributed by atoms with E-state index < -0.39 is 0 Å². The number of benzene rings is 2. The Bertz CT molecular complexity index is 1360. The Morgan fingerprint density at radius 2 is 1.76 bits per heavy atom. The lowest BCUT2D eigenvalue weighted by atomic mass is 10.1. The SMILES string of the molecule is Cc1ccc(-c2ccnc3c(C(=O)N4CCN(Cc5ccc6c(c5)OCO6)CC4)cnn23)cc1. The van der Waals surface area contributed by atoms with Gasteiger partial charge in [0.25, 0.3) is 5.91 Å². The van der Waals surface area contributed by atoms with Crippen LogP contribution in [0, 0.1) is 6.92 Å². The van der Waals surface area contributed by atoms with Crippen molar-refractivity contribution >= 4 is 11.6 Å². The third-order valence-electron chi connectivity index (χ3n) is 6.48. The first-order valence-electron chi connectivity index (χ1n) is 11.5. The minimum absolute atomic E-state index is 0.0220. The molecule has 1 amide bonds. The molecule has 4 heterocycles. The van der Waals surface area contributed by atoms with Crippen LogP contribution in [0.25, 0.3) is 16.9 Å². The molecule has 0 aliphatic carbocycles. The molecule has 1 saturated heterocycles. The van der Waals surface area contributed by atoms with E-state index in [-0.39, 0.29) is 12.7 Å². The van der Waals surface area contributed by atoms with Gasteiger partial charge in [0, 0.05) is 44.5 Å². The van der Waals surface area contributed by atoms with Gasteiger partial charge in [0.2, 0.25) is 6.79 Å². The highest BCUT2D eigenvalue weighted by Gasteiger charge is 2.26. The van der Waals surface area contributed by atoms with Gasteiger partial charge in [0.15, 0.2) is 17.1 Å². The van der Waals surface area contributed by atoms with Gasteiger partial charge in [0.05, 0.1) is 11.9 Å². The molecular formula is C26H25N5O3. The molecule has 0 radical (unpaired) electrons. The number of amides is 1. The lowest BCUT2D eigenvalue weighted by molar-refractivity contribution is 0.0630. The monoisotopic (exact) mass is 455 g/mol. The molecule has 0 spiro atoms. The van der Waals surface area contributed by atoms with Crippen molar-refractivity contribution in [2.24, 2.45) is 0 Å². The van der Waals surface area contributed by atoms with Crippen molar-refractivity contribution in [1.82, 2.24) is 24.4 Å². The summed E-state index contributed by atoms with van der Waals surface area (Å²) in [4.78, 5) is 22.1. The molecule has 4 aromatic rings. The Morgan fingerprint density at radius 1 is 0.971 bits per heavy atom. The van der Waals surface area contributed by atoms with Gasteiger partial charge in [0.1, 0.15) is 5.56 Å². The van der Waals surface area contributed by atoms with Crippen molar-refractivity contribution in [2.75, 3.05) is 33.0 Å². The average molecular weight is 456 g/mol. The minimum atomic E-state index is -0.0220. The minimum Gasteiger partial charge on any atom is -0.454 e. The molecule has 2 aliphatic heterocycles. The summed E-state index contributed by atoms with van der Waals surface area (Å²) in [5, 5.41) is 4.51. The van der Waals surface area contributed by atoms with Crippen molar-refractivity contribution in [3.05, 3.63) is 77.6 Å². The Hall–Kier alpha value is -3.91. The number of nitrogens with zero attached hydrogens (tertiary/aromatic N) is 5. The van der Waals surface area contributed by atoms with Crippen LogP contribution in [0.3, 0.4) is 0 Å². The fourth-order valence-corrected chi connectivity index (χ4v) is 4.56. The molecular weight excluding hydrogens is 430 g/mol. The predicted molar refractivity (Wildman–Crippen MR) is 127 cm³/mol. The number of fused-ring (bicyclic) bond motifs is 2. The van der Waals surface area contributed by atoms with Crippen LogP contribution in [0.15, 0.2) is 60.9 Å². The van der Waals surface area contributed by atoms with Crippen molar-refractivity contribution in [3.63, 3.8) is 0 Å². The van der Waals surface area contributed by atoms with Crippen LogP contribution in [0.4, 0.5) is 0 Å². The summed E-state index contributed by atoms with van der Waals surface area (Å²) in [7, 11) is 0. The highest BCUT2D eigenvalue weighted by atomic mass is 16.7. The lowest BCUT2D eigenvalue weighted by Gasteiger charge is -2.34. The highest BCUT2D eigenvalue weighted by molar-refractivity contribution is 6.00. The number of carbonyl (C=O) groups is 1. The second-order valence-corrected chi connectivity index (χ2v) is 8.75. The number of hydrogen-bond acceptors (Lipinski definition) is 6. The highest BCUT2D eigenvalue weighted by Crippen LogP contribution is 2.33. The first-order valence-corrected chi connectivity index (χ1v) is 11.5. The summed E-state index contributed by atoms with van der Waals surface area (Å²) in [6.45, 7) is 6.10. The maximum absolute atomic E-state index is 13.3. The first-order chi connectivity index (χ1) is 16.7. The Labute approximate surface area is 197 Å². The number of aromatic nitrogens is 3. The molecule has 0 N–H and O–H groups in total. The van der Waals surface area contributed by atoms with Crippen LogP contribution in [-0.4, -0.2) is 63.3 Å². The van der Waals surface area contributed by atoms with Gasteiger partial charge < -0.3 is 14.4 Å². The van der Waals surface area contributed by atoms with Gasteiger partial charge in [-0.25, -0.2) is 9.50 Å². The van der Waals surface area contributed by atoms with Crippen LogP contribution in [-0.2, 0) is 6.54 Å². The Kier molecular flexibility index (Phi) is 5.15. The molecule has 0 unspecified atom stereocenters. The summed E-state index contributed by atoms with van der Waals surface area (Å²) in [5.74, 6) is 1.58. The summed E-state index contributed by atoms with van der Waals surface area (Å²) in [6, 6.07) is 16.3. The zero-order valence-electron chi connectivity index (χ0n) is 19.0. The smallest absolute Gasteiger partial charge is 0.259 e. The van der Waals surface area contributed by atoms with E-state index in [4.69, 9.17) is 9.47 Å². The second kappa shape index (κ2) is 8.46. The summed E-state index contributed by atoms with van der Waals surface area (Å²) < 4.78 is 12.6.